The molecule has 1 heterocycles. The van der Waals surface area contributed by atoms with Crippen molar-refractivity contribution in [3.63, 3.8) is 0 Å². The summed E-state index contributed by atoms with van der Waals surface area (Å²) in [6.07, 6.45) is 1.60. The first kappa shape index (κ1) is 20.8. The van der Waals surface area contributed by atoms with Crippen molar-refractivity contribution in [2.24, 2.45) is 0 Å². The summed E-state index contributed by atoms with van der Waals surface area (Å²) in [6.45, 7) is 1.81. The van der Waals surface area contributed by atoms with Gasteiger partial charge in [-0.2, -0.15) is 5.26 Å². The number of benzene rings is 2. The Labute approximate surface area is 173 Å². The molecule has 6 nitrogen and oxygen atoms in total. The van der Waals surface area contributed by atoms with Gasteiger partial charge < -0.3 is 9.47 Å². The van der Waals surface area contributed by atoms with Crippen LogP contribution in [0.15, 0.2) is 59.2 Å². The van der Waals surface area contributed by atoms with Gasteiger partial charge >= 0.3 is 0 Å². The molecular formula is C23H19FN2O4. The summed E-state index contributed by atoms with van der Waals surface area (Å²) in [5.41, 5.74) is 1.98. The summed E-state index contributed by atoms with van der Waals surface area (Å²) in [7, 11) is 2.84. The van der Waals surface area contributed by atoms with Gasteiger partial charge in [0, 0.05) is 12.6 Å². The predicted octanol–water partition coefficient (Wildman–Crippen LogP) is 3.64. The van der Waals surface area contributed by atoms with Gasteiger partial charge in [0.1, 0.15) is 24.1 Å². The number of hydrogen-bond donors (Lipinski definition) is 0. The molecule has 0 aromatic heterocycles. The highest BCUT2D eigenvalue weighted by atomic mass is 19.1. The average molecular weight is 406 g/mol. The zero-order valence-electron chi connectivity index (χ0n) is 16.7. The molecule has 0 saturated heterocycles. The van der Waals surface area contributed by atoms with E-state index in [-0.39, 0.29) is 23.6 Å². The lowest BCUT2D eigenvalue weighted by Gasteiger charge is -2.23. The van der Waals surface area contributed by atoms with Crippen LogP contribution in [0, 0.1) is 17.1 Å². The fraction of sp³-hybridized carbons (Fsp3) is 0.174. The number of carbonyl (C=O) groups is 2. The van der Waals surface area contributed by atoms with E-state index in [0.29, 0.717) is 22.6 Å². The Morgan fingerprint density at radius 2 is 1.80 bits per heavy atom. The van der Waals surface area contributed by atoms with Crippen LogP contribution in [0.2, 0.25) is 0 Å². The minimum absolute atomic E-state index is 0.0606. The predicted molar refractivity (Wildman–Crippen MR) is 108 cm³/mol. The molecular weight excluding hydrogens is 387 g/mol. The lowest BCUT2D eigenvalue weighted by atomic mass is 9.94. The molecule has 0 radical (unpaired) electrons. The van der Waals surface area contributed by atoms with Crippen molar-refractivity contribution in [1.29, 1.82) is 5.26 Å². The van der Waals surface area contributed by atoms with Gasteiger partial charge in [0.05, 0.1) is 7.11 Å². The van der Waals surface area contributed by atoms with Crippen LogP contribution >= 0.6 is 0 Å². The molecule has 7 heteroatoms. The van der Waals surface area contributed by atoms with Crippen LogP contribution in [0.1, 0.15) is 18.1 Å². The summed E-state index contributed by atoms with van der Waals surface area (Å²) < 4.78 is 24.2. The molecule has 2 aromatic carbocycles. The molecule has 0 atom stereocenters. The number of hydrogen-bond acceptors (Lipinski definition) is 5. The van der Waals surface area contributed by atoms with Crippen LogP contribution in [0.4, 0.5) is 4.39 Å². The fourth-order valence-corrected chi connectivity index (χ4v) is 3.00. The lowest BCUT2D eigenvalue weighted by Crippen LogP contribution is -2.39. The van der Waals surface area contributed by atoms with Crippen LogP contribution in [0.5, 0.6) is 11.5 Å². The first-order chi connectivity index (χ1) is 14.3. The third kappa shape index (κ3) is 4.08. The molecule has 152 valence electrons. The topological polar surface area (TPSA) is 79.6 Å². The van der Waals surface area contributed by atoms with E-state index < -0.39 is 11.8 Å². The van der Waals surface area contributed by atoms with Crippen molar-refractivity contribution in [3.8, 4) is 17.6 Å². The lowest BCUT2D eigenvalue weighted by molar-refractivity contribution is -0.138. The van der Waals surface area contributed by atoms with Gasteiger partial charge in [0.15, 0.2) is 11.5 Å². The second-order valence-corrected chi connectivity index (χ2v) is 6.66. The second kappa shape index (κ2) is 8.62. The number of rotatable bonds is 5. The van der Waals surface area contributed by atoms with E-state index in [2.05, 4.69) is 0 Å². The van der Waals surface area contributed by atoms with Gasteiger partial charge in [-0.3, -0.25) is 14.5 Å². The largest absolute Gasteiger partial charge is 0.493 e. The molecule has 2 aromatic rings. The monoisotopic (exact) mass is 406 g/mol. The Bertz CT molecular complexity index is 1110. The molecule has 0 aliphatic carbocycles. The van der Waals surface area contributed by atoms with Crippen molar-refractivity contribution < 1.29 is 23.5 Å². The number of amides is 2. The van der Waals surface area contributed by atoms with E-state index in [4.69, 9.17) is 9.47 Å². The maximum absolute atomic E-state index is 13.0. The van der Waals surface area contributed by atoms with E-state index in [0.717, 1.165) is 10.5 Å². The van der Waals surface area contributed by atoms with E-state index >= 15 is 0 Å². The van der Waals surface area contributed by atoms with Crippen LogP contribution in [0.3, 0.4) is 0 Å². The van der Waals surface area contributed by atoms with Crippen molar-refractivity contribution in [1.82, 2.24) is 4.90 Å². The first-order valence-corrected chi connectivity index (χ1v) is 9.06. The number of likely N-dealkylation sites (N-methyl/N-ethyl adjacent to an activating group) is 1. The van der Waals surface area contributed by atoms with Gasteiger partial charge in [-0.15, -0.1) is 0 Å². The number of imide groups is 1. The molecule has 1 aliphatic rings. The molecule has 0 spiro atoms. The second-order valence-electron chi connectivity index (χ2n) is 6.66. The highest BCUT2D eigenvalue weighted by Crippen LogP contribution is 2.32. The Morgan fingerprint density at radius 1 is 1.10 bits per heavy atom. The van der Waals surface area contributed by atoms with Crippen molar-refractivity contribution in [2.75, 3.05) is 14.2 Å². The van der Waals surface area contributed by atoms with Gasteiger partial charge in [0.2, 0.25) is 0 Å². The highest BCUT2D eigenvalue weighted by molar-refractivity contribution is 6.19. The summed E-state index contributed by atoms with van der Waals surface area (Å²) >= 11 is 0. The zero-order valence-corrected chi connectivity index (χ0v) is 16.7. The maximum atomic E-state index is 13.0. The molecule has 0 saturated carbocycles. The summed E-state index contributed by atoms with van der Waals surface area (Å²) in [4.78, 5) is 25.5. The maximum Gasteiger partial charge on any atom is 0.271 e. The van der Waals surface area contributed by atoms with Crippen LogP contribution in [-0.2, 0) is 16.2 Å². The molecule has 0 unspecified atom stereocenters. The van der Waals surface area contributed by atoms with E-state index in [9.17, 15) is 19.2 Å². The van der Waals surface area contributed by atoms with Gasteiger partial charge in [-0.05, 0) is 54.0 Å². The van der Waals surface area contributed by atoms with E-state index in [1.165, 1.54) is 26.3 Å². The number of carbonyl (C=O) groups excluding carboxylic acids is 2. The Morgan fingerprint density at radius 3 is 2.43 bits per heavy atom. The number of ether oxygens (including phenoxy) is 2. The van der Waals surface area contributed by atoms with Gasteiger partial charge in [0.25, 0.3) is 11.8 Å². The third-order valence-electron chi connectivity index (χ3n) is 4.75. The van der Waals surface area contributed by atoms with Gasteiger partial charge in [-0.25, -0.2) is 4.39 Å². The number of nitriles is 1. The third-order valence-corrected chi connectivity index (χ3v) is 4.75. The fourth-order valence-electron chi connectivity index (χ4n) is 3.00. The Kier molecular flexibility index (Phi) is 5.98. The number of halogens is 1. The quantitative estimate of drug-likeness (QED) is 0.560. The molecule has 1 aliphatic heterocycles. The molecule has 0 bridgehead atoms. The minimum Gasteiger partial charge on any atom is -0.493 e. The van der Waals surface area contributed by atoms with Crippen LogP contribution < -0.4 is 9.47 Å². The van der Waals surface area contributed by atoms with Crippen molar-refractivity contribution in [2.45, 2.75) is 13.5 Å². The number of nitrogens with zero attached hydrogens (tertiary/aromatic N) is 2. The van der Waals surface area contributed by atoms with Crippen LogP contribution in [-0.4, -0.2) is 30.9 Å². The van der Waals surface area contributed by atoms with Crippen LogP contribution in [0.25, 0.3) is 6.08 Å². The molecule has 30 heavy (non-hydrogen) atoms. The zero-order chi connectivity index (χ0) is 21.8. The summed E-state index contributed by atoms with van der Waals surface area (Å²) in [5.74, 6) is -0.480. The standard InChI is InChI=1S/C23H19FN2O4/c1-14-18(22(27)26(2)23(28)19(14)12-25)10-16-6-9-20(21(11-16)29-3)30-13-15-4-7-17(24)8-5-15/h4-11H,13H2,1-3H3/b18-10+. The van der Waals surface area contributed by atoms with Crippen molar-refractivity contribution >= 4 is 17.9 Å². The highest BCUT2D eigenvalue weighted by Gasteiger charge is 2.32. The summed E-state index contributed by atoms with van der Waals surface area (Å²) in [6, 6.07) is 13.0. The smallest absolute Gasteiger partial charge is 0.271 e. The number of methoxy groups -OCH3 is 1. The van der Waals surface area contributed by atoms with Crippen molar-refractivity contribution in [3.05, 3.63) is 76.1 Å². The Balaban J connectivity index is 1.89. The van der Waals surface area contributed by atoms with E-state index in [1.54, 1.807) is 43.3 Å². The SMILES string of the molecule is COc1cc(/C=C2/C(=O)N(C)C(=O)C(C#N)=C2C)ccc1OCc1ccc(F)cc1. The average Bonchev–Trinajstić information content (AvgIpc) is 2.75. The molecule has 2 amide bonds. The van der Waals surface area contributed by atoms with Gasteiger partial charge in [-0.1, -0.05) is 18.2 Å². The molecule has 0 fully saturated rings. The first-order valence-electron chi connectivity index (χ1n) is 9.06. The normalized spacial score (nSPS) is 15.4. The van der Waals surface area contributed by atoms with E-state index in [1.807, 2.05) is 6.07 Å². The summed E-state index contributed by atoms with van der Waals surface area (Å²) in [5, 5.41) is 9.26. The Hall–Kier alpha value is -3.92. The molecule has 3 rings (SSSR count). The minimum atomic E-state index is -0.612. The molecule has 0 N–H and O–H groups in total.